The summed E-state index contributed by atoms with van der Waals surface area (Å²) < 4.78 is 5.12. The fourth-order valence-corrected chi connectivity index (χ4v) is 2.70. The summed E-state index contributed by atoms with van der Waals surface area (Å²) in [6, 6.07) is 7.88. The summed E-state index contributed by atoms with van der Waals surface area (Å²) in [6.07, 6.45) is 3.85. The van der Waals surface area contributed by atoms with E-state index in [0.29, 0.717) is 12.2 Å². The van der Waals surface area contributed by atoms with Gasteiger partial charge in [-0.05, 0) is 43.4 Å². The lowest BCUT2D eigenvalue weighted by molar-refractivity contribution is 0.0948. The van der Waals surface area contributed by atoms with Crippen molar-refractivity contribution in [1.29, 1.82) is 0 Å². The average Bonchev–Trinajstić information content (AvgIpc) is 3.10. The van der Waals surface area contributed by atoms with Crippen LogP contribution in [0.3, 0.4) is 0 Å². The lowest BCUT2D eigenvalue weighted by Gasteiger charge is -2.05. The number of aromatic nitrogens is 2. The molecule has 110 valence electrons. The number of carbonyl (C=O) groups excluding carboxylic acids is 1. The number of H-pyrrole nitrogens is 1. The molecule has 0 saturated carbocycles. The molecule has 5 heteroatoms. The first-order valence-corrected chi connectivity index (χ1v) is 7.25. The standard InChI is InChI=1S/C16H19N3O2/c1-21-12-7-5-11(6-8-12)9-10-17-16(20)15-13-3-2-4-14(13)18-19-15/h5-8H,2-4,9-10H2,1H3,(H,17,20)(H,18,19). The summed E-state index contributed by atoms with van der Waals surface area (Å²) in [5.74, 6) is 0.762. The molecule has 1 heterocycles. The van der Waals surface area contributed by atoms with Gasteiger partial charge in [-0.2, -0.15) is 5.10 Å². The van der Waals surface area contributed by atoms with Crippen LogP contribution >= 0.6 is 0 Å². The molecule has 21 heavy (non-hydrogen) atoms. The minimum Gasteiger partial charge on any atom is -0.497 e. The maximum absolute atomic E-state index is 12.1. The molecule has 2 N–H and O–H groups in total. The van der Waals surface area contributed by atoms with Gasteiger partial charge in [0.15, 0.2) is 5.69 Å². The van der Waals surface area contributed by atoms with Crippen LogP contribution in [0.4, 0.5) is 0 Å². The molecule has 2 aromatic rings. The van der Waals surface area contributed by atoms with Gasteiger partial charge in [0, 0.05) is 17.8 Å². The van der Waals surface area contributed by atoms with Crippen LogP contribution in [0.5, 0.6) is 5.75 Å². The average molecular weight is 285 g/mol. The zero-order valence-electron chi connectivity index (χ0n) is 12.1. The minimum absolute atomic E-state index is 0.0806. The molecule has 0 unspecified atom stereocenters. The highest BCUT2D eigenvalue weighted by atomic mass is 16.5. The third kappa shape index (κ3) is 2.91. The number of carbonyl (C=O) groups is 1. The van der Waals surface area contributed by atoms with Crippen molar-refractivity contribution in [3.05, 3.63) is 46.8 Å². The highest BCUT2D eigenvalue weighted by Gasteiger charge is 2.22. The van der Waals surface area contributed by atoms with Crippen LogP contribution in [0.1, 0.15) is 33.7 Å². The summed E-state index contributed by atoms with van der Waals surface area (Å²) in [5, 5.41) is 10.0. The Hall–Kier alpha value is -2.30. The van der Waals surface area contributed by atoms with Crippen molar-refractivity contribution in [1.82, 2.24) is 15.5 Å². The quantitative estimate of drug-likeness (QED) is 0.881. The van der Waals surface area contributed by atoms with Crippen molar-refractivity contribution in [3.8, 4) is 5.75 Å². The Morgan fingerprint density at radius 3 is 2.90 bits per heavy atom. The second-order valence-electron chi connectivity index (χ2n) is 5.24. The third-order valence-electron chi connectivity index (χ3n) is 3.88. The smallest absolute Gasteiger partial charge is 0.272 e. The van der Waals surface area contributed by atoms with Gasteiger partial charge in [0.05, 0.1) is 7.11 Å². The molecule has 0 saturated heterocycles. The van der Waals surface area contributed by atoms with Crippen molar-refractivity contribution in [3.63, 3.8) is 0 Å². The monoisotopic (exact) mass is 285 g/mol. The van der Waals surface area contributed by atoms with Crippen LogP contribution in [0, 0.1) is 0 Å². The number of fused-ring (bicyclic) bond motifs is 1. The van der Waals surface area contributed by atoms with Crippen LogP contribution in [0.15, 0.2) is 24.3 Å². The molecule has 1 aromatic heterocycles. The third-order valence-corrected chi connectivity index (χ3v) is 3.88. The minimum atomic E-state index is -0.0806. The number of ether oxygens (including phenoxy) is 1. The fourth-order valence-electron chi connectivity index (χ4n) is 2.70. The van der Waals surface area contributed by atoms with Crippen LogP contribution < -0.4 is 10.1 Å². The Labute approximate surface area is 123 Å². The van der Waals surface area contributed by atoms with Crippen LogP contribution in [-0.4, -0.2) is 29.8 Å². The van der Waals surface area contributed by atoms with E-state index in [-0.39, 0.29) is 5.91 Å². The van der Waals surface area contributed by atoms with Gasteiger partial charge in [0.1, 0.15) is 5.75 Å². The van der Waals surface area contributed by atoms with Gasteiger partial charge < -0.3 is 10.1 Å². The first-order valence-electron chi connectivity index (χ1n) is 7.25. The molecule has 5 nitrogen and oxygen atoms in total. The molecule has 0 atom stereocenters. The lowest BCUT2D eigenvalue weighted by Crippen LogP contribution is -2.26. The number of amides is 1. The molecule has 1 amide bonds. The molecule has 1 aliphatic carbocycles. The summed E-state index contributed by atoms with van der Waals surface area (Å²) in [4.78, 5) is 12.1. The Bertz CT molecular complexity index is 631. The van der Waals surface area contributed by atoms with Crippen molar-refractivity contribution in [2.45, 2.75) is 25.7 Å². The summed E-state index contributed by atoms with van der Waals surface area (Å²) >= 11 is 0. The Morgan fingerprint density at radius 1 is 1.33 bits per heavy atom. The van der Waals surface area contributed by atoms with E-state index in [1.807, 2.05) is 24.3 Å². The van der Waals surface area contributed by atoms with Crippen molar-refractivity contribution in [2.75, 3.05) is 13.7 Å². The highest BCUT2D eigenvalue weighted by Crippen LogP contribution is 2.22. The van der Waals surface area contributed by atoms with E-state index in [0.717, 1.165) is 42.7 Å². The fraction of sp³-hybridized carbons (Fsp3) is 0.375. The number of aryl methyl sites for hydroxylation is 1. The number of benzene rings is 1. The number of nitrogens with zero attached hydrogens (tertiary/aromatic N) is 1. The summed E-state index contributed by atoms with van der Waals surface area (Å²) in [5.41, 5.74) is 3.95. The van der Waals surface area contributed by atoms with Crippen molar-refractivity contribution < 1.29 is 9.53 Å². The molecule has 0 aliphatic heterocycles. The molecular weight excluding hydrogens is 266 g/mol. The van der Waals surface area contributed by atoms with E-state index in [1.165, 1.54) is 5.56 Å². The molecule has 3 rings (SSSR count). The molecular formula is C16H19N3O2. The second kappa shape index (κ2) is 5.99. The van der Waals surface area contributed by atoms with E-state index in [4.69, 9.17) is 4.74 Å². The first kappa shape index (κ1) is 13.7. The van der Waals surface area contributed by atoms with E-state index in [9.17, 15) is 4.79 Å². The van der Waals surface area contributed by atoms with E-state index >= 15 is 0 Å². The van der Waals surface area contributed by atoms with E-state index in [2.05, 4.69) is 15.5 Å². The van der Waals surface area contributed by atoms with Gasteiger partial charge in [0.25, 0.3) is 5.91 Å². The largest absolute Gasteiger partial charge is 0.497 e. The number of rotatable bonds is 5. The number of methoxy groups -OCH3 is 1. The second-order valence-corrected chi connectivity index (χ2v) is 5.24. The van der Waals surface area contributed by atoms with Gasteiger partial charge in [-0.15, -0.1) is 0 Å². The highest BCUT2D eigenvalue weighted by molar-refractivity contribution is 5.94. The maximum Gasteiger partial charge on any atom is 0.272 e. The van der Waals surface area contributed by atoms with Gasteiger partial charge in [0.2, 0.25) is 0 Å². The number of nitrogens with one attached hydrogen (secondary N) is 2. The first-order chi connectivity index (χ1) is 10.3. The van der Waals surface area contributed by atoms with E-state index in [1.54, 1.807) is 7.11 Å². The SMILES string of the molecule is COc1ccc(CCNC(=O)c2n[nH]c3c2CCC3)cc1. The zero-order chi connectivity index (χ0) is 14.7. The van der Waals surface area contributed by atoms with Gasteiger partial charge >= 0.3 is 0 Å². The summed E-state index contributed by atoms with van der Waals surface area (Å²) in [6.45, 7) is 0.604. The zero-order valence-corrected chi connectivity index (χ0v) is 12.1. The van der Waals surface area contributed by atoms with Gasteiger partial charge in [-0.3, -0.25) is 9.89 Å². The molecule has 0 radical (unpaired) electrons. The molecule has 1 aromatic carbocycles. The molecule has 0 bridgehead atoms. The van der Waals surface area contributed by atoms with Crippen molar-refractivity contribution >= 4 is 5.91 Å². The normalized spacial score (nSPS) is 13.0. The molecule has 1 aliphatic rings. The van der Waals surface area contributed by atoms with Crippen LogP contribution in [0.2, 0.25) is 0 Å². The Balaban J connectivity index is 1.53. The van der Waals surface area contributed by atoms with Crippen LogP contribution in [-0.2, 0) is 19.3 Å². The van der Waals surface area contributed by atoms with Crippen molar-refractivity contribution in [2.24, 2.45) is 0 Å². The number of hydrogen-bond donors (Lipinski definition) is 2. The van der Waals surface area contributed by atoms with Crippen LogP contribution in [0.25, 0.3) is 0 Å². The topological polar surface area (TPSA) is 67.0 Å². The van der Waals surface area contributed by atoms with Gasteiger partial charge in [-0.25, -0.2) is 0 Å². The number of hydrogen-bond acceptors (Lipinski definition) is 3. The lowest BCUT2D eigenvalue weighted by atomic mass is 10.1. The number of aromatic amines is 1. The Morgan fingerprint density at radius 2 is 2.14 bits per heavy atom. The molecule has 0 fully saturated rings. The molecule has 0 spiro atoms. The summed E-state index contributed by atoms with van der Waals surface area (Å²) in [7, 11) is 1.65. The predicted octanol–water partition coefficient (Wildman–Crippen LogP) is 1.88. The van der Waals surface area contributed by atoms with E-state index < -0.39 is 0 Å². The Kier molecular flexibility index (Phi) is 3.90. The maximum atomic E-state index is 12.1. The predicted molar refractivity (Wildman–Crippen MR) is 79.6 cm³/mol. The van der Waals surface area contributed by atoms with Gasteiger partial charge in [-0.1, -0.05) is 12.1 Å².